The van der Waals surface area contributed by atoms with E-state index in [1.165, 1.54) is 10.7 Å². The van der Waals surface area contributed by atoms with Gasteiger partial charge in [-0.2, -0.15) is 0 Å². The molecule has 2 amide bonds. The second kappa shape index (κ2) is 10.7. The number of carbonyl (C=O) groups excluding carboxylic acids is 2. The van der Waals surface area contributed by atoms with E-state index in [4.69, 9.17) is 4.74 Å². The van der Waals surface area contributed by atoms with Gasteiger partial charge in [-0.1, -0.05) is 19.3 Å². The molecule has 0 saturated heterocycles. The van der Waals surface area contributed by atoms with Crippen LogP contribution in [0.25, 0.3) is 0 Å². The average Bonchev–Trinajstić information content (AvgIpc) is 2.71. The third kappa shape index (κ3) is 6.27. The first-order valence-electron chi connectivity index (χ1n) is 10.0. The Hall–Kier alpha value is -1.93. The highest BCUT2D eigenvalue weighted by atomic mass is 32.2. The summed E-state index contributed by atoms with van der Waals surface area (Å²) in [6.45, 7) is 3.65. The lowest BCUT2D eigenvalue weighted by Crippen LogP contribution is -2.45. The van der Waals surface area contributed by atoms with E-state index < -0.39 is 11.0 Å². The van der Waals surface area contributed by atoms with Crippen LogP contribution in [0.1, 0.15) is 43.2 Å². The molecule has 7 nitrogen and oxygen atoms in total. The number of nitrogens with one attached hydrogen (secondary N) is 1. The number of aryl methyl sites for hydroxylation is 2. The first-order valence-corrected chi connectivity index (χ1v) is 11.2. The van der Waals surface area contributed by atoms with Gasteiger partial charge in [-0.25, -0.2) is 8.51 Å². The minimum absolute atomic E-state index is 0.0348. The van der Waals surface area contributed by atoms with Crippen molar-refractivity contribution < 1.29 is 18.5 Å². The summed E-state index contributed by atoms with van der Waals surface area (Å²) in [4.78, 5) is 27.1. The Morgan fingerprint density at radius 2 is 1.72 bits per heavy atom. The number of rotatable bonds is 8. The second-order valence-corrected chi connectivity index (χ2v) is 9.23. The van der Waals surface area contributed by atoms with Crippen LogP contribution in [0.3, 0.4) is 0 Å². The zero-order chi connectivity index (χ0) is 21.6. The van der Waals surface area contributed by atoms with Crippen molar-refractivity contribution in [2.45, 2.75) is 56.9 Å². The molecule has 162 valence electrons. The molecule has 1 aromatic rings. The molecule has 1 N–H and O–H groups in total. The van der Waals surface area contributed by atoms with Crippen molar-refractivity contribution in [3.05, 3.63) is 23.3 Å². The van der Waals surface area contributed by atoms with Gasteiger partial charge >= 0.3 is 0 Å². The van der Waals surface area contributed by atoms with Gasteiger partial charge in [-0.15, -0.1) is 0 Å². The normalized spacial score (nSPS) is 15.8. The van der Waals surface area contributed by atoms with Gasteiger partial charge in [0.15, 0.2) is 0 Å². The van der Waals surface area contributed by atoms with Gasteiger partial charge < -0.3 is 15.0 Å². The second-order valence-electron chi connectivity index (χ2n) is 7.70. The molecule has 1 aromatic carbocycles. The van der Waals surface area contributed by atoms with E-state index in [1.807, 2.05) is 26.0 Å². The number of methoxy groups -OCH3 is 1. The van der Waals surface area contributed by atoms with Crippen LogP contribution >= 0.6 is 0 Å². The molecule has 0 bridgehead atoms. The highest BCUT2D eigenvalue weighted by molar-refractivity contribution is 7.82. The summed E-state index contributed by atoms with van der Waals surface area (Å²) in [6, 6.07) is 3.92. The molecule has 29 heavy (non-hydrogen) atoms. The minimum Gasteiger partial charge on any atom is -0.497 e. The molecule has 1 aliphatic rings. The standard InChI is InChI=1S/C21H33N3O4S/c1-15-11-18(28-5)12-16(2)21(15)29(27)23(3)14-19(25)22-13-20(26)24(4)17-9-7-6-8-10-17/h11-12,17H,6-10,13-14H2,1-5H3,(H,22,25). The third-order valence-electron chi connectivity index (χ3n) is 5.45. The van der Waals surface area contributed by atoms with Gasteiger partial charge in [0.1, 0.15) is 16.7 Å². The first kappa shape index (κ1) is 23.3. The van der Waals surface area contributed by atoms with Crippen molar-refractivity contribution in [2.75, 3.05) is 34.3 Å². The molecule has 1 aliphatic carbocycles. The topological polar surface area (TPSA) is 79.0 Å². The molecule has 0 heterocycles. The Morgan fingerprint density at radius 3 is 2.28 bits per heavy atom. The van der Waals surface area contributed by atoms with Gasteiger partial charge in [0.25, 0.3) is 0 Å². The molecule has 0 aliphatic heterocycles. The first-order chi connectivity index (χ1) is 13.7. The van der Waals surface area contributed by atoms with Crippen molar-refractivity contribution in [2.24, 2.45) is 0 Å². The number of hydrogen-bond donors (Lipinski definition) is 1. The molecule has 8 heteroatoms. The molecular formula is C21H33N3O4S. The zero-order valence-corrected chi connectivity index (χ0v) is 18.9. The van der Waals surface area contributed by atoms with Gasteiger partial charge in [0.2, 0.25) is 11.8 Å². The SMILES string of the molecule is COc1cc(C)c(S(=O)N(C)CC(=O)NCC(=O)N(C)C2CCCCC2)c(C)c1. The maximum atomic E-state index is 12.9. The van der Waals surface area contributed by atoms with Crippen LogP contribution in [0.5, 0.6) is 5.75 Å². The highest BCUT2D eigenvalue weighted by Crippen LogP contribution is 2.25. The van der Waals surface area contributed by atoms with E-state index in [0.29, 0.717) is 10.6 Å². The Bertz CT molecular complexity index is 739. The Morgan fingerprint density at radius 1 is 1.14 bits per heavy atom. The molecule has 2 rings (SSSR count). The number of carbonyl (C=O) groups is 2. The van der Waals surface area contributed by atoms with E-state index in [2.05, 4.69) is 5.32 Å². The Balaban J connectivity index is 1.88. The third-order valence-corrected chi connectivity index (χ3v) is 7.13. The summed E-state index contributed by atoms with van der Waals surface area (Å²) in [5.41, 5.74) is 1.69. The van der Waals surface area contributed by atoms with Crippen LogP contribution in [0.15, 0.2) is 17.0 Å². The fraction of sp³-hybridized carbons (Fsp3) is 0.619. The predicted molar refractivity (Wildman–Crippen MR) is 114 cm³/mol. The van der Waals surface area contributed by atoms with Gasteiger partial charge in [-0.05, 0) is 49.9 Å². The largest absolute Gasteiger partial charge is 0.497 e. The summed E-state index contributed by atoms with van der Waals surface area (Å²) >= 11 is 0. The van der Waals surface area contributed by atoms with Crippen molar-refractivity contribution >= 4 is 22.8 Å². The van der Waals surface area contributed by atoms with E-state index >= 15 is 0 Å². The summed E-state index contributed by atoms with van der Waals surface area (Å²) in [5, 5.41) is 2.66. The van der Waals surface area contributed by atoms with E-state index in [1.54, 1.807) is 26.1 Å². The molecule has 0 radical (unpaired) electrons. The fourth-order valence-electron chi connectivity index (χ4n) is 3.75. The average molecular weight is 424 g/mol. The summed E-state index contributed by atoms with van der Waals surface area (Å²) in [6.07, 6.45) is 5.58. The van der Waals surface area contributed by atoms with Crippen LogP contribution in [-0.4, -0.2) is 65.6 Å². The molecule has 0 aromatic heterocycles. The van der Waals surface area contributed by atoms with Gasteiger partial charge in [-0.3, -0.25) is 9.59 Å². The van der Waals surface area contributed by atoms with Crippen LogP contribution < -0.4 is 10.1 Å². The summed E-state index contributed by atoms with van der Waals surface area (Å²) < 4.78 is 19.6. The zero-order valence-electron chi connectivity index (χ0n) is 18.1. The molecule has 1 saturated carbocycles. The van der Waals surface area contributed by atoms with Gasteiger partial charge in [0, 0.05) is 20.1 Å². The van der Waals surface area contributed by atoms with Crippen molar-refractivity contribution in [1.29, 1.82) is 0 Å². The number of likely N-dealkylation sites (N-methyl/N-ethyl adjacent to an activating group) is 2. The van der Waals surface area contributed by atoms with Crippen molar-refractivity contribution in [3.63, 3.8) is 0 Å². The molecule has 0 spiro atoms. The summed E-state index contributed by atoms with van der Waals surface area (Å²) in [5.74, 6) is 0.299. The molecular weight excluding hydrogens is 390 g/mol. The van der Waals surface area contributed by atoms with Crippen LogP contribution in [0, 0.1) is 13.8 Å². The number of hydrogen-bond acceptors (Lipinski definition) is 4. The number of amides is 2. The molecule has 1 atom stereocenters. The molecule has 1 unspecified atom stereocenters. The number of nitrogens with zero attached hydrogens (tertiary/aromatic N) is 2. The predicted octanol–water partition coefficient (Wildman–Crippen LogP) is 2.17. The van der Waals surface area contributed by atoms with Gasteiger partial charge in [0.05, 0.1) is 25.1 Å². The number of benzene rings is 1. The van der Waals surface area contributed by atoms with E-state index in [9.17, 15) is 13.8 Å². The summed E-state index contributed by atoms with van der Waals surface area (Å²) in [7, 11) is 3.54. The lowest BCUT2D eigenvalue weighted by atomic mass is 9.94. The van der Waals surface area contributed by atoms with E-state index in [-0.39, 0.29) is 30.9 Å². The van der Waals surface area contributed by atoms with Crippen LogP contribution in [0.2, 0.25) is 0 Å². The quantitative estimate of drug-likeness (QED) is 0.695. The van der Waals surface area contributed by atoms with E-state index in [0.717, 1.165) is 36.8 Å². The van der Waals surface area contributed by atoms with Crippen molar-refractivity contribution in [1.82, 2.24) is 14.5 Å². The molecule has 1 fully saturated rings. The monoisotopic (exact) mass is 423 g/mol. The maximum Gasteiger partial charge on any atom is 0.241 e. The van der Waals surface area contributed by atoms with Crippen LogP contribution in [-0.2, 0) is 20.6 Å². The lowest BCUT2D eigenvalue weighted by molar-refractivity contribution is -0.134. The van der Waals surface area contributed by atoms with Crippen LogP contribution in [0.4, 0.5) is 0 Å². The lowest BCUT2D eigenvalue weighted by Gasteiger charge is -2.31. The maximum absolute atomic E-state index is 12.9. The minimum atomic E-state index is -1.49. The highest BCUT2D eigenvalue weighted by Gasteiger charge is 2.23. The Kier molecular flexibility index (Phi) is 8.64. The van der Waals surface area contributed by atoms with Crippen molar-refractivity contribution in [3.8, 4) is 5.75 Å². The smallest absolute Gasteiger partial charge is 0.241 e. The fourth-order valence-corrected chi connectivity index (χ4v) is 4.96. The number of ether oxygens (including phenoxy) is 1. The Labute approximate surface area is 176 Å².